The predicted octanol–water partition coefficient (Wildman–Crippen LogP) is 0.853. The Bertz CT molecular complexity index is 706. The molecule has 9 heteroatoms. The normalized spacial score (nSPS) is 18.6. The van der Waals surface area contributed by atoms with E-state index in [4.69, 9.17) is 14.2 Å². The lowest BCUT2D eigenvalue weighted by molar-refractivity contribution is -0.147. The molecule has 0 radical (unpaired) electrons. The lowest BCUT2D eigenvalue weighted by Crippen LogP contribution is -2.42. The van der Waals surface area contributed by atoms with Gasteiger partial charge in [0.1, 0.15) is 25.1 Å². The molecule has 0 aliphatic carbocycles. The maximum Gasteiger partial charge on any atom is 0.409 e. The molecular weight excluding hydrogens is 402 g/mol. The molecule has 172 valence electrons. The van der Waals surface area contributed by atoms with Gasteiger partial charge in [0.15, 0.2) is 0 Å². The van der Waals surface area contributed by atoms with Gasteiger partial charge in [-0.05, 0) is 43.6 Å². The number of amides is 1. The van der Waals surface area contributed by atoms with Crippen molar-refractivity contribution in [2.24, 2.45) is 5.92 Å². The van der Waals surface area contributed by atoms with E-state index >= 15 is 0 Å². The molecule has 2 heterocycles. The van der Waals surface area contributed by atoms with Crippen LogP contribution in [-0.4, -0.2) is 92.7 Å². The van der Waals surface area contributed by atoms with Crippen molar-refractivity contribution >= 4 is 12.1 Å². The number of aliphatic hydroxyl groups is 1. The molecule has 1 aromatic carbocycles. The summed E-state index contributed by atoms with van der Waals surface area (Å²) in [7, 11) is 1.42. The third kappa shape index (κ3) is 7.37. The van der Waals surface area contributed by atoms with E-state index in [1.165, 1.54) is 7.11 Å². The van der Waals surface area contributed by atoms with Crippen LogP contribution in [0.1, 0.15) is 18.4 Å². The van der Waals surface area contributed by atoms with Crippen LogP contribution in [0, 0.1) is 5.92 Å². The highest BCUT2D eigenvalue weighted by Crippen LogP contribution is 2.19. The fourth-order valence-corrected chi connectivity index (χ4v) is 3.84. The molecule has 1 atom stereocenters. The molecule has 0 saturated carbocycles. The van der Waals surface area contributed by atoms with Crippen LogP contribution in [0.3, 0.4) is 0 Å². The predicted molar refractivity (Wildman–Crippen MR) is 114 cm³/mol. The Kier molecular flexibility index (Phi) is 8.93. The number of hydrogen-bond acceptors (Lipinski definition) is 8. The number of benzene rings is 1. The second-order valence-corrected chi connectivity index (χ2v) is 7.99. The first kappa shape index (κ1) is 23.3. The van der Waals surface area contributed by atoms with E-state index < -0.39 is 6.10 Å². The highest BCUT2D eigenvalue weighted by Gasteiger charge is 2.26. The van der Waals surface area contributed by atoms with E-state index in [0.29, 0.717) is 45.1 Å². The number of ether oxygens (including phenoxy) is 3. The van der Waals surface area contributed by atoms with Gasteiger partial charge < -0.3 is 34.4 Å². The zero-order valence-corrected chi connectivity index (χ0v) is 18.1. The summed E-state index contributed by atoms with van der Waals surface area (Å²) in [5, 5.41) is 13.6. The molecule has 0 aromatic heterocycles. The van der Waals surface area contributed by atoms with E-state index in [1.807, 2.05) is 24.3 Å². The fourth-order valence-electron chi connectivity index (χ4n) is 3.84. The number of methoxy groups -OCH3 is 1. The largest absolute Gasteiger partial charge is 0.491 e. The lowest BCUT2D eigenvalue weighted by Gasteiger charge is -2.31. The van der Waals surface area contributed by atoms with Gasteiger partial charge >= 0.3 is 12.1 Å². The minimum atomic E-state index is -0.590. The minimum absolute atomic E-state index is 0.0284. The molecule has 3 rings (SSSR count). The number of aliphatic hydroxyl groups excluding tert-OH is 1. The molecule has 2 N–H and O–H groups in total. The van der Waals surface area contributed by atoms with Gasteiger partial charge in [-0.3, -0.25) is 4.79 Å². The highest BCUT2D eigenvalue weighted by molar-refractivity contribution is 5.72. The number of hydrogen-bond donors (Lipinski definition) is 2. The van der Waals surface area contributed by atoms with Gasteiger partial charge in [0.25, 0.3) is 0 Å². The van der Waals surface area contributed by atoms with Gasteiger partial charge in [-0.2, -0.15) is 0 Å². The maximum absolute atomic E-state index is 11.6. The van der Waals surface area contributed by atoms with Crippen molar-refractivity contribution < 1.29 is 28.9 Å². The Morgan fingerprint density at radius 2 is 2.00 bits per heavy atom. The summed E-state index contributed by atoms with van der Waals surface area (Å²) in [4.78, 5) is 26.8. The number of cyclic esters (lactones) is 1. The smallest absolute Gasteiger partial charge is 0.409 e. The number of rotatable bonds is 11. The first-order valence-electron chi connectivity index (χ1n) is 10.9. The second-order valence-electron chi connectivity index (χ2n) is 7.99. The number of likely N-dealkylation sites (tertiary alicyclic amines) is 1. The van der Waals surface area contributed by atoms with Crippen LogP contribution in [0.4, 0.5) is 4.79 Å². The quantitative estimate of drug-likeness (QED) is 0.390. The SMILES string of the molecule is COC(=O)C1CCN(C[C@@H](O)COc2ccc(CNCCN3CCOC3=O)cc2)CC1. The standard InChI is InChI=1S/C22H33N3O6/c1-29-21(27)18-6-9-24(10-7-18)15-19(26)16-31-20-4-2-17(3-5-20)14-23-8-11-25-12-13-30-22(25)28/h2-5,18-19,23,26H,6-16H2,1H3/t19-/m1/s1. The van der Waals surface area contributed by atoms with Gasteiger partial charge in [-0.1, -0.05) is 12.1 Å². The summed E-state index contributed by atoms with van der Waals surface area (Å²) < 4.78 is 15.4. The molecular formula is C22H33N3O6. The molecule has 9 nitrogen and oxygen atoms in total. The molecule has 2 aliphatic heterocycles. The van der Waals surface area contributed by atoms with E-state index in [0.717, 1.165) is 31.5 Å². The second kappa shape index (κ2) is 11.9. The summed E-state index contributed by atoms with van der Waals surface area (Å²) in [5.41, 5.74) is 1.12. The third-order valence-electron chi connectivity index (χ3n) is 5.69. The topological polar surface area (TPSA) is 101 Å². The van der Waals surface area contributed by atoms with E-state index in [1.54, 1.807) is 4.90 Å². The maximum atomic E-state index is 11.6. The summed E-state index contributed by atoms with van der Waals surface area (Å²) in [6, 6.07) is 7.75. The Morgan fingerprint density at radius 1 is 1.26 bits per heavy atom. The van der Waals surface area contributed by atoms with Crippen LogP contribution in [-0.2, 0) is 20.8 Å². The Morgan fingerprint density at radius 3 is 2.65 bits per heavy atom. The van der Waals surface area contributed by atoms with Crippen LogP contribution >= 0.6 is 0 Å². The number of esters is 1. The molecule has 1 amide bonds. The van der Waals surface area contributed by atoms with Crippen LogP contribution < -0.4 is 10.1 Å². The fraction of sp³-hybridized carbons (Fsp3) is 0.636. The first-order valence-corrected chi connectivity index (χ1v) is 10.9. The van der Waals surface area contributed by atoms with Crippen LogP contribution in [0.5, 0.6) is 5.75 Å². The van der Waals surface area contributed by atoms with Gasteiger partial charge in [-0.25, -0.2) is 4.79 Å². The molecule has 0 spiro atoms. The van der Waals surface area contributed by atoms with Gasteiger partial charge in [0.05, 0.1) is 19.6 Å². The van der Waals surface area contributed by atoms with Crippen molar-refractivity contribution in [3.63, 3.8) is 0 Å². The lowest BCUT2D eigenvalue weighted by atomic mass is 9.97. The molecule has 31 heavy (non-hydrogen) atoms. The number of carbonyl (C=O) groups excluding carboxylic acids is 2. The van der Waals surface area contributed by atoms with Crippen LogP contribution in [0.15, 0.2) is 24.3 Å². The molecule has 2 fully saturated rings. The molecule has 1 aromatic rings. The number of nitrogens with one attached hydrogen (secondary N) is 1. The average Bonchev–Trinajstić information content (AvgIpc) is 3.20. The van der Waals surface area contributed by atoms with Crippen molar-refractivity contribution in [1.82, 2.24) is 15.1 Å². The summed E-state index contributed by atoms with van der Waals surface area (Å²) in [6.07, 6.45) is 0.694. The monoisotopic (exact) mass is 435 g/mol. The summed E-state index contributed by atoms with van der Waals surface area (Å²) >= 11 is 0. The number of piperidine rings is 1. The summed E-state index contributed by atoms with van der Waals surface area (Å²) in [6.45, 7) is 5.48. The van der Waals surface area contributed by atoms with Gasteiger partial charge in [0.2, 0.25) is 0 Å². The van der Waals surface area contributed by atoms with E-state index in [2.05, 4.69) is 10.2 Å². The molecule has 0 bridgehead atoms. The molecule has 2 saturated heterocycles. The van der Waals surface area contributed by atoms with Crippen molar-refractivity contribution in [3.05, 3.63) is 29.8 Å². The van der Waals surface area contributed by atoms with Gasteiger partial charge in [-0.15, -0.1) is 0 Å². The minimum Gasteiger partial charge on any atom is -0.491 e. The number of carbonyl (C=O) groups is 2. The zero-order chi connectivity index (χ0) is 22.1. The van der Waals surface area contributed by atoms with Crippen LogP contribution in [0.25, 0.3) is 0 Å². The Labute approximate surface area is 183 Å². The molecule has 0 unspecified atom stereocenters. The number of β-amino-alcohol motifs (C(OH)–C–C–N with tert-alkyl or cyclic N) is 1. The average molecular weight is 436 g/mol. The van der Waals surface area contributed by atoms with Crippen molar-refractivity contribution in [3.8, 4) is 5.75 Å². The summed E-state index contributed by atoms with van der Waals surface area (Å²) in [5.74, 6) is 0.546. The van der Waals surface area contributed by atoms with Gasteiger partial charge in [0, 0.05) is 26.2 Å². The third-order valence-corrected chi connectivity index (χ3v) is 5.69. The first-order chi connectivity index (χ1) is 15.0. The highest BCUT2D eigenvalue weighted by atomic mass is 16.6. The Balaban J connectivity index is 1.29. The van der Waals surface area contributed by atoms with Crippen molar-refractivity contribution in [2.45, 2.75) is 25.5 Å². The number of nitrogens with zero attached hydrogens (tertiary/aromatic N) is 2. The van der Waals surface area contributed by atoms with Crippen molar-refractivity contribution in [2.75, 3.05) is 59.6 Å². The van der Waals surface area contributed by atoms with Crippen molar-refractivity contribution in [1.29, 1.82) is 0 Å². The Hall–Kier alpha value is -2.36. The molecule has 2 aliphatic rings. The van der Waals surface area contributed by atoms with Crippen LogP contribution in [0.2, 0.25) is 0 Å². The van der Waals surface area contributed by atoms with E-state index in [9.17, 15) is 14.7 Å². The zero-order valence-electron chi connectivity index (χ0n) is 18.1. The van der Waals surface area contributed by atoms with E-state index in [-0.39, 0.29) is 24.6 Å².